The number of nitrogens with zero attached hydrogens (tertiary/aromatic N) is 4. The lowest BCUT2D eigenvalue weighted by Gasteiger charge is -2.25. The van der Waals surface area contributed by atoms with Gasteiger partial charge in [0.05, 0.1) is 0 Å². The van der Waals surface area contributed by atoms with Crippen molar-refractivity contribution in [2.75, 3.05) is 12.8 Å². The summed E-state index contributed by atoms with van der Waals surface area (Å²) in [5.74, 6) is -0.825. The Morgan fingerprint density at radius 1 is 1.35 bits per heavy atom. The molecule has 0 heterocycles. The Morgan fingerprint density at radius 3 is 2.46 bits per heavy atom. The van der Waals surface area contributed by atoms with Gasteiger partial charge in [-0.25, -0.2) is 9.59 Å². The smallest absolute Gasteiger partial charge is 0.410 e. The molecule has 0 aliphatic carbocycles. The van der Waals surface area contributed by atoms with E-state index in [0.717, 1.165) is 4.90 Å². The Kier molecular flexibility index (Phi) is 8.64. The van der Waals surface area contributed by atoms with Crippen LogP contribution >= 0.6 is 21.6 Å². The van der Waals surface area contributed by atoms with Gasteiger partial charge in [-0.05, 0) is 11.1 Å². The average Bonchev–Trinajstić information content (AvgIpc) is 2.56. The fourth-order valence-electron chi connectivity index (χ4n) is 1.71. The van der Waals surface area contributed by atoms with Crippen molar-refractivity contribution in [2.24, 2.45) is 5.11 Å². The monoisotopic (exact) mass is 398 g/mol. The SMILES string of the molecule is CN(C(=O)OCc1ccc(N=[N+]=[N-])cc1)[C@@H](CSSC(C)(C)C)C(=O)O. The fourth-order valence-corrected chi connectivity index (χ4v) is 4.28. The summed E-state index contributed by atoms with van der Waals surface area (Å²) in [5, 5.41) is 12.8. The standard InChI is InChI=1S/C16H22N4O4S2/c1-16(2,3)26-25-10-13(14(21)22)20(4)15(23)24-9-11-5-7-12(8-6-11)18-19-17/h5-8,13H,9-10H2,1-4H3,(H,21,22)/t13-/m0/s1. The Bertz CT molecular complexity index is 670. The Labute approximate surface area is 160 Å². The van der Waals surface area contributed by atoms with Crippen LogP contribution in [0, 0.1) is 0 Å². The predicted molar refractivity (Wildman–Crippen MR) is 104 cm³/mol. The molecule has 1 amide bonds. The minimum Gasteiger partial charge on any atom is -0.480 e. The molecule has 26 heavy (non-hydrogen) atoms. The van der Waals surface area contributed by atoms with Crippen molar-refractivity contribution in [1.82, 2.24) is 4.90 Å². The first-order valence-electron chi connectivity index (χ1n) is 7.71. The van der Waals surface area contributed by atoms with Gasteiger partial charge in [-0.1, -0.05) is 71.7 Å². The van der Waals surface area contributed by atoms with E-state index in [9.17, 15) is 14.7 Å². The van der Waals surface area contributed by atoms with Gasteiger partial charge >= 0.3 is 12.1 Å². The Balaban J connectivity index is 2.59. The molecule has 1 rings (SSSR count). The molecule has 1 aromatic rings. The van der Waals surface area contributed by atoms with Gasteiger partial charge in [0.2, 0.25) is 0 Å². The van der Waals surface area contributed by atoms with Gasteiger partial charge in [0.15, 0.2) is 0 Å². The maximum Gasteiger partial charge on any atom is 0.410 e. The lowest BCUT2D eigenvalue weighted by molar-refractivity contribution is -0.141. The number of carboxylic acid groups (broad SMARTS) is 1. The summed E-state index contributed by atoms with van der Waals surface area (Å²) in [6.07, 6.45) is -0.710. The average molecular weight is 399 g/mol. The molecule has 0 unspecified atom stereocenters. The minimum atomic E-state index is -1.08. The maximum atomic E-state index is 12.1. The lowest BCUT2D eigenvalue weighted by atomic mass is 10.2. The molecule has 0 fully saturated rings. The fraction of sp³-hybridized carbons (Fsp3) is 0.500. The molecule has 0 saturated carbocycles. The van der Waals surface area contributed by atoms with Crippen LogP contribution in [0.3, 0.4) is 0 Å². The first-order chi connectivity index (χ1) is 12.1. The number of carbonyl (C=O) groups excluding carboxylic acids is 1. The van der Waals surface area contributed by atoms with Crippen LogP contribution in [0.15, 0.2) is 29.4 Å². The molecular weight excluding hydrogens is 376 g/mol. The Morgan fingerprint density at radius 2 is 1.96 bits per heavy atom. The van der Waals surface area contributed by atoms with Crippen molar-refractivity contribution in [3.63, 3.8) is 0 Å². The van der Waals surface area contributed by atoms with Gasteiger partial charge < -0.3 is 9.84 Å². The zero-order valence-corrected chi connectivity index (χ0v) is 16.7. The number of carbonyl (C=O) groups is 2. The van der Waals surface area contributed by atoms with Crippen molar-refractivity contribution in [2.45, 2.75) is 38.2 Å². The lowest BCUT2D eigenvalue weighted by Crippen LogP contribution is -2.44. The van der Waals surface area contributed by atoms with E-state index in [2.05, 4.69) is 10.0 Å². The molecule has 0 aliphatic heterocycles. The number of likely N-dealkylation sites (N-methyl/N-ethyl adjacent to an activating group) is 1. The van der Waals surface area contributed by atoms with Crippen LogP contribution in [0.25, 0.3) is 10.4 Å². The second kappa shape index (κ2) is 10.2. The zero-order valence-electron chi connectivity index (χ0n) is 15.1. The van der Waals surface area contributed by atoms with E-state index < -0.39 is 18.1 Å². The number of amides is 1. The summed E-state index contributed by atoms with van der Waals surface area (Å²) in [4.78, 5) is 27.4. The summed E-state index contributed by atoms with van der Waals surface area (Å²) in [5.41, 5.74) is 9.52. The van der Waals surface area contributed by atoms with Crippen molar-refractivity contribution in [3.8, 4) is 0 Å². The van der Waals surface area contributed by atoms with Gasteiger partial charge in [0, 0.05) is 28.1 Å². The molecule has 1 aromatic carbocycles. The minimum absolute atomic E-state index is 0.00402. The molecule has 0 spiro atoms. The van der Waals surface area contributed by atoms with Crippen LogP contribution in [0.4, 0.5) is 10.5 Å². The highest BCUT2D eigenvalue weighted by atomic mass is 33.1. The second-order valence-corrected chi connectivity index (χ2v) is 9.52. The summed E-state index contributed by atoms with van der Waals surface area (Å²) in [6.45, 7) is 6.10. The highest BCUT2D eigenvalue weighted by Gasteiger charge is 2.28. The van der Waals surface area contributed by atoms with Crippen molar-refractivity contribution >= 4 is 39.3 Å². The van der Waals surface area contributed by atoms with Gasteiger partial charge in [-0.3, -0.25) is 4.90 Å². The van der Waals surface area contributed by atoms with Crippen molar-refractivity contribution < 1.29 is 19.4 Å². The highest BCUT2D eigenvalue weighted by molar-refractivity contribution is 8.77. The summed E-state index contributed by atoms with van der Waals surface area (Å²) >= 11 is 0. The number of ether oxygens (including phenoxy) is 1. The topological polar surface area (TPSA) is 116 Å². The van der Waals surface area contributed by atoms with E-state index in [-0.39, 0.29) is 17.1 Å². The van der Waals surface area contributed by atoms with Crippen molar-refractivity contribution in [3.05, 3.63) is 40.3 Å². The number of rotatable bonds is 8. The molecular formula is C16H22N4O4S2. The molecule has 142 valence electrons. The van der Waals surface area contributed by atoms with Crippen LogP contribution in [0.5, 0.6) is 0 Å². The van der Waals surface area contributed by atoms with Crippen LogP contribution in [0.1, 0.15) is 26.3 Å². The predicted octanol–water partition coefficient (Wildman–Crippen LogP) is 4.83. The second-order valence-electron chi connectivity index (χ2n) is 6.36. The van der Waals surface area contributed by atoms with E-state index in [4.69, 9.17) is 10.3 Å². The third kappa shape index (κ3) is 7.90. The molecule has 10 heteroatoms. The number of hydrogen-bond donors (Lipinski definition) is 1. The van der Waals surface area contributed by atoms with Gasteiger partial charge in [0.1, 0.15) is 12.6 Å². The number of azide groups is 1. The molecule has 0 saturated heterocycles. The van der Waals surface area contributed by atoms with Crippen LogP contribution in [-0.2, 0) is 16.1 Å². The number of hydrogen-bond acceptors (Lipinski definition) is 6. The molecule has 0 aromatic heterocycles. The van der Waals surface area contributed by atoms with E-state index in [0.29, 0.717) is 11.3 Å². The van der Waals surface area contributed by atoms with Crippen molar-refractivity contribution in [1.29, 1.82) is 0 Å². The normalized spacial score (nSPS) is 12.0. The van der Waals surface area contributed by atoms with Crippen LogP contribution in [0.2, 0.25) is 0 Å². The Hall–Kier alpha value is -2.03. The summed E-state index contributed by atoms with van der Waals surface area (Å²) in [6, 6.07) is 5.57. The molecule has 0 aliphatic rings. The zero-order chi connectivity index (χ0) is 19.7. The third-order valence-electron chi connectivity index (χ3n) is 3.03. The maximum absolute atomic E-state index is 12.1. The largest absolute Gasteiger partial charge is 0.480 e. The quantitative estimate of drug-likeness (QED) is 0.290. The number of aliphatic carboxylic acids is 1. The number of benzene rings is 1. The number of carboxylic acids is 1. The summed E-state index contributed by atoms with van der Waals surface area (Å²) < 4.78 is 5.17. The molecule has 1 atom stereocenters. The van der Waals surface area contributed by atoms with E-state index in [1.54, 1.807) is 35.1 Å². The molecule has 1 N–H and O–H groups in total. The van der Waals surface area contributed by atoms with Crippen LogP contribution < -0.4 is 0 Å². The van der Waals surface area contributed by atoms with Crippen LogP contribution in [-0.4, -0.2) is 45.7 Å². The summed E-state index contributed by atoms with van der Waals surface area (Å²) in [7, 11) is 4.38. The molecule has 0 radical (unpaired) electrons. The van der Waals surface area contributed by atoms with E-state index >= 15 is 0 Å². The molecule has 8 nitrogen and oxygen atoms in total. The first kappa shape index (κ1) is 22.0. The van der Waals surface area contributed by atoms with Gasteiger partial charge in [-0.15, -0.1) is 0 Å². The first-order valence-corrected chi connectivity index (χ1v) is 10.0. The van der Waals surface area contributed by atoms with Gasteiger partial charge in [-0.2, -0.15) is 0 Å². The van der Waals surface area contributed by atoms with E-state index in [1.165, 1.54) is 17.8 Å². The molecule has 0 bridgehead atoms. The van der Waals surface area contributed by atoms with E-state index in [1.807, 2.05) is 20.8 Å². The third-order valence-corrected chi connectivity index (χ3v) is 6.37. The highest BCUT2D eigenvalue weighted by Crippen LogP contribution is 2.35. The van der Waals surface area contributed by atoms with Gasteiger partial charge in [0.25, 0.3) is 0 Å².